The Labute approximate surface area is 75.8 Å². The number of hydrogen-bond acceptors (Lipinski definition) is 1. The Morgan fingerprint density at radius 2 is 2.00 bits per heavy atom. The van der Waals surface area contributed by atoms with Gasteiger partial charge in [-0.15, -0.1) is 0 Å². The third-order valence-corrected chi connectivity index (χ3v) is 1.64. The predicted octanol–water partition coefficient (Wildman–Crippen LogP) is 3.37. The van der Waals surface area contributed by atoms with E-state index in [0.717, 1.165) is 6.42 Å². The van der Waals surface area contributed by atoms with Crippen LogP contribution in [-0.2, 0) is 6.42 Å². The molecule has 1 aromatic rings. The lowest BCUT2D eigenvalue weighted by molar-refractivity contribution is 0.898. The Kier molecular flexibility index (Phi) is 6.35. The Hall–Kier alpha value is -0.850. The fraction of sp³-hybridized carbons (Fsp3) is 0.545. The van der Waals surface area contributed by atoms with Crippen LogP contribution in [0.2, 0.25) is 0 Å². The van der Waals surface area contributed by atoms with Crippen molar-refractivity contribution >= 4 is 0 Å². The van der Waals surface area contributed by atoms with Crippen LogP contribution in [0.1, 0.15) is 38.4 Å². The van der Waals surface area contributed by atoms with Crippen LogP contribution in [0.15, 0.2) is 18.3 Å². The highest BCUT2D eigenvalue weighted by atomic mass is 14.7. The van der Waals surface area contributed by atoms with Crippen molar-refractivity contribution in [2.24, 2.45) is 0 Å². The van der Waals surface area contributed by atoms with Crippen LogP contribution in [0.5, 0.6) is 0 Å². The van der Waals surface area contributed by atoms with Crippen molar-refractivity contribution in [1.29, 1.82) is 0 Å². The van der Waals surface area contributed by atoms with E-state index in [0.29, 0.717) is 0 Å². The summed E-state index contributed by atoms with van der Waals surface area (Å²) in [4.78, 5) is 4.20. The van der Waals surface area contributed by atoms with Crippen LogP contribution in [-0.4, -0.2) is 4.98 Å². The summed E-state index contributed by atoms with van der Waals surface area (Å²) in [5, 5.41) is 0. The Morgan fingerprint density at radius 1 is 1.33 bits per heavy atom. The van der Waals surface area contributed by atoms with Crippen LogP contribution < -0.4 is 0 Å². The van der Waals surface area contributed by atoms with Crippen molar-refractivity contribution in [2.75, 3.05) is 0 Å². The fourth-order valence-corrected chi connectivity index (χ4v) is 1.05. The molecule has 0 aromatic carbocycles. The first-order valence-electron chi connectivity index (χ1n) is 4.75. The van der Waals surface area contributed by atoms with Crippen LogP contribution >= 0.6 is 0 Å². The molecular weight excluding hydrogens is 146 g/mol. The van der Waals surface area contributed by atoms with Crippen LogP contribution in [0.25, 0.3) is 0 Å². The van der Waals surface area contributed by atoms with Crippen molar-refractivity contribution in [2.45, 2.75) is 40.5 Å². The summed E-state index contributed by atoms with van der Waals surface area (Å²) < 4.78 is 0. The van der Waals surface area contributed by atoms with Gasteiger partial charge in [-0.25, -0.2) is 0 Å². The Balaban J connectivity index is 0.000000561. The maximum atomic E-state index is 4.20. The lowest BCUT2D eigenvalue weighted by Crippen LogP contribution is -1.89. The molecule has 0 aliphatic rings. The molecule has 68 valence electrons. The lowest BCUT2D eigenvalue weighted by Gasteiger charge is -2.00. The van der Waals surface area contributed by atoms with Gasteiger partial charge in [-0.2, -0.15) is 0 Å². The van der Waals surface area contributed by atoms with E-state index in [9.17, 15) is 0 Å². The number of aromatic nitrogens is 1. The SMILES string of the molecule is CC.CCCc1cccnc1C. The van der Waals surface area contributed by atoms with E-state index >= 15 is 0 Å². The van der Waals surface area contributed by atoms with Crippen molar-refractivity contribution in [1.82, 2.24) is 4.98 Å². The maximum Gasteiger partial charge on any atom is 0.0404 e. The summed E-state index contributed by atoms with van der Waals surface area (Å²) in [6.45, 7) is 8.25. The predicted molar refractivity (Wildman–Crippen MR) is 54.3 cm³/mol. The molecule has 1 aromatic heterocycles. The van der Waals surface area contributed by atoms with Crippen LogP contribution in [0, 0.1) is 6.92 Å². The molecule has 0 spiro atoms. The minimum atomic E-state index is 1.15. The quantitative estimate of drug-likeness (QED) is 0.654. The number of hydrogen-bond donors (Lipinski definition) is 0. The first-order valence-corrected chi connectivity index (χ1v) is 4.75. The van der Waals surface area contributed by atoms with E-state index < -0.39 is 0 Å². The van der Waals surface area contributed by atoms with E-state index in [4.69, 9.17) is 0 Å². The second-order valence-electron chi connectivity index (χ2n) is 2.50. The van der Waals surface area contributed by atoms with Gasteiger partial charge in [-0.3, -0.25) is 4.98 Å². The van der Waals surface area contributed by atoms with E-state index in [1.54, 1.807) is 0 Å². The number of rotatable bonds is 2. The van der Waals surface area contributed by atoms with Gasteiger partial charge in [0.25, 0.3) is 0 Å². The smallest absolute Gasteiger partial charge is 0.0404 e. The van der Waals surface area contributed by atoms with Gasteiger partial charge in [0.1, 0.15) is 0 Å². The van der Waals surface area contributed by atoms with E-state index in [-0.39, 0.29) is 0 Å². The molecule has 0 aliphatic carbocycles. The molecule has 0 radical (unpaired) electrons. The van der Waals surface area contributed by atoms with Crippen molar-refractivity contribution in [3.63, 3.8) is 0 Å². The lowest BCUT2D eigenvalue weighted by atomic mass is 10.1. The molecule has 0 bridgehead atoms. The molecule has 0 aliphatic heterocycles. The van der Waals surface area contributed by atoms with E-state index in [1.807, 2.05) is 26.1 Å². The van der Waals surface area contributed by atoms with Crippen LogP contribution in [0.4, 0.5) is 0 Å². The summed E-state index contributed by atoms with van der Waals surface area (Å²) in [6, 6.07) is 4.14. The van der Waals surface area contributed by atoms with Gasteiger partial charge >= 0.3 is 0 Å². The largest absolute Gasteiger partial charge is 0.261 e. The molecular formula is C11H19N. The zero-order valence-corrected chi connectivity index (χ0v) is 8.59. The first kappa shape index (κ1) is 11.2. The summed E-state index contributed by atoms with van der Waals surface area (Å²) in [5.74, 6) is 0. The molecule has 0 unspecified atom stereocenters. The number of pyridine rings is 1. The van der Waals surface area contributed by atoms with Crippen molar-refractivity contribution in [3.05, 3.63) is 29.6 Å². The highest BCUT2D eigenvalue weighted by Gasteiger charge is 1.93. The van der Waals surface area contributed by atoms with E-state index in [1.165, 1.54) is 17.7 Å². The first-order chi connectivity index (χ1) is 5.84. The fourth-order valence-electron chi connectivity index (χ4n) is 1.05. The van der Waals surface area contributed by atoms with Crippen molar-refractivity contribution in [3.8, 4) is 0 Å². The summed E-state index contributed by atoms with van der Waals surface area (Å²) in [5.41, 5.74) is 2.55. The summed E-state index contributed by atoms with van der Waals surface area (Å²) in [7, 11) is 0. The molecule has 0 saturated carbocycles. The second kappa shape index (κ2) is 6.84. The van der Waals surface area contributed by atoms with E-state index in [2.05, 4.69) is 24.9 Å². The molecule has 0 atom stereocenters. The van der Waals surface area contributed by atoms with Gasteiger partial charge in [0, 0.05) is 11.9 Å². The minimum absolute atomic E-state index is 1.15. The topological polar surface area (TPSA) is 12.9 Å². The average molecular weight is 165 g/mol. The van der Waals surface area contributed by atoms with Gasteiger partial charge in [0.15, 0.2) is 0 Å². The summed E-state index contributed by atoms with van der Waals surface area (Å²) >= 11 is 0. The molecule has 1 heteroatoms. The Bertz CT molecular complexity index is 206. The average Bonchev–Trinajstić information content (AvgIpc) is 2.13. The molecule has 12 heavy (non-hydrogen) atoms. The molecule has 1 rings (SSSR count). The monoisotopic (exact) mass is 165 g/mol. The zero-order chi connectivity index (χ0) is 9.40. The Morgan fingerprint density at radius 3 is 2.50 bits per heavy atom. The zero-order valence-electron chi connectivity index (χ0n) is 8.59. The normalized spacial score (nSPS) is 8.67. The molecule has 0 N–H and O–H groups in total. The van der Waals surface area contributed by atoms with Gasteiger partial charge in [-0.05, 0) is 25.0 Å². The van der Waals surface area contributed by atoms with Gasteiger partial charge in [0.2, 0.25) is 0 Å². The molecule has 0 fully saturated rings. The highest BCUT2D eigenvalue weighted by molar-refractivity contribution is 5.17. The molecule has 0 saturated heterocycles. The highest BCUT2D eigenvalue weighted by Crippen LogP contribution is 2.05. The number of aryl methyl sites for hydroxylation is 2. The maximum absolute atomic E-state index is 4.20. The molecule has 0 amide bonds. The third kappa shape index (κ3) is 3.51. The van der Waals surface area contributed by atoms with Crippen LogP contribution in [0.3, 0.4) is 0 Å². The van der Waals surface area contributed by atoms with Gasteiger partial charge < -0.3 is 0 Å². The molecule has 1 nitrogen and oxygen atoms in total. The van der Waals surface area contributed by atoms with Crippen molar-refractivity contribution < 1.29 is 0 Å². The second-order valence-corrected chi connectivity index (χ2v) is 2.50. The number of nitrogens with zero attached hydrogens (tertiary/aromatic N) is 1. The minimum Gasteiger partial charge on any atom is -0.261 e. The molecule has 1 heterocycles. The standard InChI is InChI=1S/C9H13N.C2H6/c1-3-5-9-6-4-7-10-8(9)2;1-2/h4,6-7H,3,5H2,1-2H3;1-2H3. The van der Waals surface area contributed by atoms with Gasteiger partial charge in [0.05, 0.1) is 0 Å². The summed E-state index contributed by atoms with van der Waals surface area (Å²) in [6.07, 6.45) is 4.20. The van der Waals surface area contributed by atoms with Gasteiger partial charge in [-0.1, -0.05) is 33.3 Å². The third-order valence-electron chi connectivity index (χ3n) is 1.64.